The number of benzene rings is 2. The van der Waals surface area contributed by atoms with Crippen LogP contribution in [0.1, 0.15) is 10.4 Å². The second kappa shape index (κ2) is 7.40. The molecule has 3 aromatic rings. The molecule has 0 saturated carbocycles. The predicted octanol–water partition coefficient (Wildman–Crippen LogP) is 2.96. The second-order valence-electron chi connectivity index (χ2n) is 6.30. The minimum Gasteiger partial charge on any atom is -0.368 e. The van der Waals surface area contributed by atoms with Crippen LogP contribution in [0.25, 0.3) is 10.2 Å². The molecule has 134 valence electrons. The van der Waals surface area contributed by atoms with Crippen molar-refractivity contribution in [3.05, 3.63) is 54.1 Å². The third kappa shape index (κ3) is 3.80. The van der Waals surface area contributed by atoms with E-state index in [4.69, 9.17) is 7.85 Å². The van der Waals surface area contributed by atoms with E-state index in [0.717, 1.165) is 29.0 Å². The van der Waals surface area contributed by atoms with Crippen molar-refractivity contribution in [2.75, 3.05) is 36.4 Å². The molecule has 2 radical (unpaired) electrons. The standard InChI is InChI=1S/C19H17BN4O2S/c20-18(26)24-11-9-23(10-12-24)14-7-5-13(6-8-14)17(25)22-19-21-15-3-1-2-4-16(15)27-19/h1-8H,9-12H2,(H,21,22,25). The highest BCUT2D eigenvalue weighted by Gasteiger charge is 2.18. The van der Waals surface area contributed by atoms with Crippen LogP contribution in [0, 0.1) is 0 Å². The van der Waals surface area contributed by atoms with Gasteiger partial charge in [-0.15, -0.1) is 0 Å². The number of carbonyl (C=O) groups is 2. The molecule has 8 heteroatoms. The van der Waals surface area contributed by atoms with Crippen molar-refractivity contribution in [3.8, 4) is 0 Å². The topological polar surface area (TPSA) is 65.5 Å². The van der Waals surface area contributed by atoms with Crippen LogP contribution in [0.3, 0.4) is 0 Å². The number of para-hydroxylation sites is 1. The summed E-state index contributed by atoms with van der Waals surface area (Å²) in [6, 6.07) is 15.2. The summed E-state index contributed by atoms with van der Waals surface area (Å²) in [5.74, 6) is -0.560. The molecule has 0 unspecified atom stereocenters. The fourth-order valence-electron chi connectivity index (χ4n) is 3.10. The minimum absolute atomic E-state index is 0.181. The van der Waals surface area contributed by atoms with E-state index >= 15 is 0 Å². The van der Waals surface area contributed by atoms with Crippen LogP contribution in [0.2, 0.25) is 0 Å². The Kier molecular flexibility index (Phi) is 4.81. The van der Waals surface area contributed by atoms with Gasteiger partial charge in [-0.05, 0) is 36.4 Å². The summed E-state index contributed by atoms with van der Waals surface area (Å²) in [6.07, 6.45) is 0. The van der Waals surface area contributed by atoms with Crippen molar-refractivity contribution < 1.29 is 9.59 Å². The summed E-state index contributed by atoms with van der Waals surface area (Å²) in [5.41, 5.74) is 2.48. The van der Waals surface area contributed by atoms with E-state index < -0.39 is 0 Å². The Labute approximate surface area is 162 Å². The summed E-state index contributed by atoms with van der Waals surface area (Å²) >= 11 is 1.45. The monoisotopic (exact) mass is 376 g/mol. The molecule has 1 aromatic heterocycles. The molecule has 6 nitrogen and oxygen atoms in total. The predicted molar refractivity (Wildman–Crippen MR) is 109 cm³/mol. The maximum atomic E-state index is 12.5. The maximum Gasteiger partial charge on any atom is 0.257 e. The zero-order valence-corrected chi connectivity index (χ0v) is 15.4. The third-order valence-electron chi connectivity index (χ3n) is 4.60. The van der Waals surface area contributed by atoms with E-state index in [1.54, 1.807) is 17.0 Å². The van der Waals surface area contributed by atoms with Crippen LogP contribution < -0.4 is 10.2 Å². The van der Waals surface area contributed by atoms with Crippen LogP contribution in [-0.2, 0) is 0 Å². The zero-order valence-electron chi connectivity index (χ0n) is 14.6. The number of piperazine rings is 1. The van der Waals surface area contributed by atoms with Gasteiger partial charge >= 0.3 is 0 Å². The van der Waals surface area contributed by atoms with Crippen LogP contribution in [0.15, 0.2) is 48.5 Å². The highest BCUT2D eigenvalue weighted by Crippen LogP contribution is 2.26. The molecule has 2 heterocycles. The smallest absolute Gasteiger partial charge is 0.257 e. The van der Waals surface area contributed by atoms with Gasteiger partial charge in [-0.25, -0.2) is 4.98 Å². The molecule has 1 aliphatic rings. The van der Waals surface area contributed by atoms with Gasteiger partial charge in [0.15, 0.2) is 10.9 Å². The molecular weight excluding hydrogens is 359 g/mol. The Morgan fingerprint density at radius 3 is 2.37 bits per heavy atom. The van der Waals surface area contributed by atoms with E-state index in [1.165, 1.54) is 11.3 Å². The lowest BCUT2D eigenvalue weighted by Gasteiger charge is -2.36. The zero-order chi connectivity index (χ0) is 18.8. The van der Waals surface area contributed by atoms with Gasteiger partial charge in [0, 0.05) is 37.4 Å². The van der Waals surface area contributed by atoms with Crippen LogP contribution in [0.4, 0.5) is 15.6 Å². The molecule has 0 spiro atoms. The van der Waals surface area contributed by atoms with Crippen molar-refractivity contribution in [1.82, 2.24) is 9.88 Å². The van der Waals surface area contributed by atoms with E-state index in [-0.39, 0.29) is 11.7 Å². The molecule has 27 heavy (non-hydrogen) atoms. The van der Waals surface area contributed by atoms with Crippen LogP contribution in [0.5, 0.6) is 0 Å². The summed E-state index contributed by atoms with van der Waals surface area (Å²) in [7, 11) is 5.31. The first-order valence-corrected chi connectivity index (χ1v) is 9.48. The Bertz CT molecular complexity index is 948. The first-order chi connectivity index (χ1) is 13.1. The fourth-order valence-corrected chi connectivity index (χ4v) is 3.96. The molecule has 2 amide bonds. The number of nitrogens with zero attached hydrogens (tertiary/aromatic N) is 3. The number of fused-ring (bicyclic) bond motifs is 1. The van der Waals surface area contributed by atoms with Crippen molar-refractivity contribution >= 4 is 51.9 Å². The van der Waals surface area contributed by atoms with Crippen molar-refractivity contribution in [1.29, 1.82) is 0 Å². The quantitative estimate of drug-likeness (QED) is 0.714. The second-order valence-corrected chi connectivity index (χ2v) is 7.33. The largest absolute Gasteiger partial charge is 0.368 e. The highest BCUT2D eigenvalue weighted by atomic mass is 32.1. The molecule has 0 aliphatic carbocycles. The Morgan fingerprint density at radius 2 is 1.70 bits per heavy atom. The maximum absolute atomic E-state index is 12.5. The number of rotatable bonds is 3. The lowest BCUT2D eigenvalue weighted by molar-refractivity contribution is 0.102. The lowest BCUT2D eigenvalue weighted by Crippen LogP contribution is -2.48. The lowest BCUT2D eigenvalue weighted by atomic mass is 10.1. The van der Waals surface area contributed by atoms with E-state index in [9.17, 15) is 9.59 Å². The normalized spacial score (nSPS) is 14.4. The molecule has 0 bridgehead atoms. The molecule has 1 fully saturated rings. The van der Waals surface area contributed by atoms with Gasteiger partial charge in [0.25, 0.3) is 5.91 Å². The molecule has 1 aliphatic heterocycles. The summed E-state index contributed by atoms with van der Waals surface area (Å²) in [5, 5.41) is 3.45. The SMILES string of the molecule is [B]C(=O)N1CCN(c2ccc(C(=O)Nc3nc4ccccc4s3)cc2)CC1. The highest BCUT2D eigenvalue weighted by molar-refractivity contribution is 7.22. The minimum atomic E-state index is -0.378. The number of thiazole rings is 1. The van der Waals surface area contributed by atoms with Gasteiger partial charge in [-0.3, -0.25) is 14.9 Å². The summed E-state index contributed by atoms with van der Waals surface area (Å²) < 4.78 is 1.04. The van der Waals surface area contributed by atoms with E-state index in [0.29, 0.717) is 23.8 Å². The number of amides is 2. The molecular formula is C19H17BN4O2S. The molecule has 2 aromatic carbocycles. The number of hydrogen-bond acceptors (Lipinski definition) is 5. The van der Waals surface area contributed by atoms with Crippen molar-refractivity contribution in [2.45, 2.75) is 0 Å². The first-order valence-electron chi connectivity index (χ1n) is 8.66. The molecule has 0 atom stereocenters. The summed E-state index contributed by atoms with van der Waals surface area (Å²) in [6.45, 7) is 2.66. The van der Waals surface area contributed by atoms with E-state index in [2.05, 4.69) is 15.2 Å². The Balaban J connectivity index is 1.41. The van der Waals surface area contributed by atoms with Crippen molar-refractivity contribution in [2.24, 2.45) is 0 Å². The average Bonchev–Trinajstić information content (AvgIpc) is 3.10. The van der Waals surface area contributed by atoms with Crippen LogP contribution in [-0.4, -0.2) is 55.6 Å². The van der Waals surface area contributed by atoms with E-state index in [1.807, 2.05) is 36.4 Å². The van der Waals surface area contributed by atoms with Crippen LogP contribution >= 0.6 is 11.3 Å². The van der Waals surface area contributed by atoms with Gasteiger partial charge in [0.1, 0.15) is 0 Å². The van der Waals surface area contributed by atoms with Gasteiger partial charge in [0.2, 0.25) is 7.85 Å². The number of hydrogen-bond donors (Lipinski definition) is 1. The van der Waals surface area contributed by atoms with Gasteiger partial charge in [0.05, 0.1) is 10.2 Å². The van der Waals surface area contributed by atoms with Gasteiger partial charge < -0.3 is 9.80 Å². The number of nitrogens with one attached hydrogen (secondary N) is 1. The fraction of sp³-hybridized carbons (Fsp3) is 0.211. The van der Waals surface area contributed by atoms with Gasteiger partial charge in [-0.2, -0.15) is 0 Å². The first kappa shape index (κ1) is 17.5. The summed E-state index contributed by atoms with van der Waals surface area (Å²) in [4.78, 5) is 31.9. The number of anilines is 2. The number of carbonyl (C=O) groups excluding carboxylic acids is 2. The van der Waals surface area contributed by atoms with Gasteiger partial charge in [-0.1, -0.05) is 23.5 Å². The number of aromatic nitrogens is 1. The Morgan fingerprint density at radius 1 is 1.00 bits per heavy atom. The molecule has 4 rings (SSSR count). The Hall–Kier alpha value is -2.87. The average molecular weight is 376 g/mol. The third-order valence-corrected chi connectivity index (χ3v) is 5.55. The molecule has 1 saturated heterocycles. The van der Waals surface area contributed by atoms with Crippen molar-refractivity contribution in [3.63, 3.8) is 0 Å². The molecule has 1 N–H and O–H groups in total.